The molecule has 1 atom stereocenters. The van der Waals surface area contributed by atoms with Gasteiger partial charge in [-0.3, -0.25) is 4.90 Å². The van der Waals surface area contributed by atoms with E-state index in [0.717, 1.165) is 17.8 Å². The molecule has 1 unspecified atom stereocenters. The van der Waals surface area contributed by atoms with Crippen LogP contribution in [0.1, 0.15) is 11.3 Å². The summed E-state index contributed by atoms with van der Waals surface area (Å²) in [4.78, 5) is 1.95. The predicted octanol–water partition coefficient (Wildman–Crippen LogP) is 2.92. The van der Waals surface area contributed by atoms with Crippen LogP contribution in [0.2, 0.25) is 0 Å². The van der Waals surface area contributed by atoms with Gasteiger partial charge in [0.15, 0.2) is 0 Å². The van der Waals surface area contributed by atoms with Gasteiger partial charge in [0.25, 0.3) is 0 Å². The quantitative estimate of drug-likeness (QED) is 0.841. The molecule has 1 N–H and O–H groups in total. The van der Waals surface area contributed by atoms with Crippen LogP contribution in [0.5, 0.6) is 5.75 Å². The van der Waals surface area contributed by atoms with Gasteiger partial charge in [-0.2, -0.15) is 13.2 Å². The van der Waals surface area contributed by atoms with Crippen LogP contribution in [0, 0.1) is 0 Å². The number of hydrogen-bond donors (Lipinski definition) is 1. The van der Waals surface area contributed by atoms with Crippen molar-refractivity contribution in [1.82, 2.24) is 9.47 Å². The summed E-state index contributed by atoms with van der Waals surface area (Å²) in [5.41, 5.74) is 0.394. The van der Waals surface area contributed by atoms with Gasteiger partial charge in [-0.25, -0.2) is 0 Å². The Morgan fingerprint density at radius 2 is 1.88 bits per heavy atom. The third-order valence-corrected chi connectivity index (χ3v) is 3.63. The minimum Gasteiger partial charge on any atom is -0.491 e. The highest BCUT2D eigenvalue weighted by Crippen LogP contribution is 2.30. The smallest absolute Gasteiger partial charge is 0.416 e. The number of aliphatic hydroxyl groups excluding tert-OH is 1. The zero-order valence-electron chi connectivity index (χ0n) is 13.6. The molecule has 7 heteroatoms. The largest absolute Gasteiger partial charge is 0.491 e. The molecule has 0 spiro atoms. The third-order valence-electron chi connectivity index (χ3n) is 3.63. The first-order chi connectivity index (χ1) is 11.3. The normalized spacial score (nSPS) is 13.3. The molecule has 2 rings (SSSR count). The van der Waals surface area contributed by atoms with Crippen molar-refractivity contribution in [2.45, 2.75) is 18.8 Å². The number of aryl methyl sites for hydroxylation is 1. The predicted molar refractivity (Wildman–Crippen MR) is 84.7 cm³/mol. The van der Waals surface area contributed by atoms with E-state index in [1.165, 1.54) is 12.1 Å². The van der Waals surface area contributed by atoms with E-state index in [1.54, 1.807) is 0 Å². The topological polar surface area (TPSA) is 37.6 Å². The Bertz CT molecular complexity index is 638. The summed E-state index contributed by atoms with van der Waals surface area (Å²) in [5.74, 6) is 0.298. The molecule has 2 aromatic rings. The molecule has 0 aliphatic carbocycles. The van der Waals surface area contributed by atoms with E-state index in [1.807, 2.05) is 41.9 Å². The number of halogens is 3. The first-order valence-electron chi connectivity index (χ1n) is 7.52. The highest BCUT2D eigenvalue weighted by molar-refractivity contribution is 5.28. The van der Waals surface area contributed by atoms with Gasteiger partial charge < -0.3 is 14.4 Å². The van der Waals surface area contributed by atoms with Crippen LogP contribution in [-0.4, -0.2) is 40.9 Å². The van der Waals surface area contributed by atoms with Crippen molar-refractivity contribution in [2.24, 2.45) is 7.05 Å². The summed E-state index contributed by atoms with van der Waals surface area (Å²) in [5, 5.41) is 10.0. The fraction of sp³-hybridized carbons (Fsp3) is 0.412. The lowest BCUT2D eigenvalue weighted by molar-refractivity contribution is -0.137. The molecular formula is C17H21F3N2O2. The molecule has 4 nitrogen and oxygen atoms in total. The molecule has 0 saturated heterocycles. The van der Waals surface area contributed by atoms with Gasteiger partial charge >= 0.3 is 6.18 Å². The summed E-state index contributed by atoms with van der Waals surface area (Å²) >= 11 is 0. The molecule has 0 bridgehead atoms. The third kappa shape index (κ3) is 5.28. The maximum atomic E-state index is 12.5. The number of aliphatic hydroxyl groups is 1. The number of rotatable bonds is 7. The molecule has 1 aromatic carbocycles. The summed E-state index contributed by atoms with van der Waals surface area (Å²) in [7, 11) is 3.83. The molecule has 0 aliphatic rings. The van der Waals surface area contributed by atoms with Crippen molar-refractivity contribution in [1.29, 1.82) is 0 Å². The monoisotopic (exact) mass is 342 g/mol. The number of nitrogens with zero attached hydrogens (tertiary/aromatic N) is 2. The average molecular weight is 342 g/mol. The highest BCUT2D eigenvalue weighted by Gasteiger charge is 2.30. The Labute approximate surface area is 139 Å². The fourth-order valence-corrected chi connectivity index (χ4v) is 2.35. The van der Waals surface area contributed by atoms with E-state index < -0.39 is 17.8 Å². The van der Waals surface area contributed by atoms with Crippen molar-refractivity contribution < 1.29 is 23.0 Å². The highest BCUT2D eigenvalue weighted by atomic mass is 19.4. The summed E-state index contributed by atoms with van der Waals surface area (Å²) in [6.07, 6.45) is -3.15. The van der Waals surface area contributed by atoms with Gasteiger partial charge in [0.1, 0.15) is 18.5 Å². The van der Waals surface area contributed by atoms with Gasteiger partial charge in [0.05, 0.1) is 5.56 Å². The Hall–Kier alpha value is -1.99. The van der Waals surface area contributed by atoms with Gasteiger partial charge in [0, 0.05) is 32.0 Å². The molecule has 0 aliphatic heterocycles. The molecule has 24 heavy (non-hydrogen) atoms. The second kappa shape index (κ2) is 7.72. The molecule has 0 fully saturated rings. The average Bonchev–Trinajstić information content (AvgIpc) is 2.90. The Morgan fingerprint density at radius 1 is 1.21 bits per heavy atom. The van der Waals surface area contributed by atoms with E-state index in [-0.39, 0.29) is 6.61 Å². The summed E-state index contributed by atoms with van der Waals surface area (Å²) < 4.78 is 44.8. The Balaban J connectivity index is 1.78. The summed E-state index contributed by atoms with van der Waals surface area (Å²) in [6.45, 7) is 1.09. The fourth-order valence-electron chi connectivity index (χ4n) is 2.35. The van der Waals surface area contributed by atoms with E-state index in [2.05, 4.69) is 0 Å². The number of likely N-dealkylation sites (N-methyl/N-ethyl adjacent to an activating group) is 1. The number of benzene rings is 1. The van der Waals surface area contributed by atoms with E-state index in [9.17, 15) is 18.3 Å². The van der Waals surface area contributed by atoms with E-state index >= 15 is 0 Å². The Morgan fingerprint density at radius 3 is 2.42 bits per heavy atom. The molecular weight excluding hydrogens is 321 g/mol. The first kappa shape index (κ1) is 18.4. The minimum atomic E-state index is -4.36. The van der Waals surface area contributed by atoms with Crippen LogP contribution in [0.3, 0.4) is 0 Å². The van der Waals surface area contributed by atoms with Crippen LogP contribution in [0.4, 0.5) is 13.2 Å². The van der Waals surface area contributed by atoms with Crippen molar-refractivity contribution in [3.8, 4) is 5.75 Å². The zero-order valence-corrected chi connectivity index (χ0v) is 13.6. The van der Waals surface area contributed by atoms with Crippen LogP contribution in [-0.2, 0) is 19.8 Å². The van der Waals surface area contributed by atoms with Crippen molar-refractivity contribution in [2.75, 3.05) is 20.2 Å². The molecule has 1 heterocycles. The standard InChI is InChI=1S/C17H21F3N2O2/c1-21(10-14-4-3-9-22(14)2)11-15(23)12-24-16-7-5-13(6-8-16)17(18,19)20/h3-9,15,23H,10-12H2,1-2H3. The molecule has 0 radical (unpaired) electrons. The molecule has 132 valence electrons. The SMILES string of the molecule is CN(Cc1cccn1C)CC(O)COc1ccc(C(F)(F)F)cc1. The van der Waals surface area contributed by atoms with Crippen LogP contribution in [0.15, 0.2) is 42.6 Å². The lowest BCUT2D eigenvalue weighted by atomic mass is 10.2. The number of alkyl halides is 3. The first-order valence-corrected chi connectivity index (χ1v) is 7.52. The van der Waals surface area contributed by atoms with Crippen molar-refractivity contribution in [3.63, 3.8) is 0 Å². The second-order valence-electron chi connectivity index (χ2n) is 5.79. The van der Waals surface area contributed by atoms with Crippen molar-refractivity contribution >= 4 is 0 Å². The van der Waals surface area contributed by atoms with Gasteiger partial charge in [-0.15, -0.1) is 0 Å². The van der Waals surface area contributed by atoms with E-state index in [0.29, 0.717) is 18.8 Å². The van der Waals surface area contributed by atoms with Gasteiger partial charge in [-0.05, 0) is 43.4 Å². The number of ether oxygens (including phenoxy) is 1. The van der Waals surface area contributed by atoms with Crippen LogP contribution < -0.4 is 4.74 Å². The van der Waals surface area contributed by atoms with E-state index in [4.69, 9.17) is 4.74 Å². The Kier molecular flexibility index (Phi) is 5.90. The number of aromatic nitrogens is 1. The van der Waals surface area contributed by atoms with Crippen LogP contribution >= 0.6 is 0 Å². The molecule has 1 aromatic heterocycles. The summed E-state index contributed by atoms with van der Waals surface area (Å²) in [6, 6.07) is 8.38. The van der Waals surface area contributed by atoms with Gasteiger partial charge in [-0.1, -0.05) is 0 Å². The maximum Gasteiger partial charge on any atom is 0.416 e. The van der Waals surface area contributed by atoms with Crippen molar-refractivity contribution in [3.05, 3.63) is 53.9 Å². The van der Waals surface area contributed by atoms with Crippen LogP contribution in [0.25, 0.3) is 0 Å². The maximum absolute atomic E-state index is 12.5. The zero-order chi connectivity index (χ0) is 17.7. The lowest BCUT2D eigenvalue weighted by Gasteiger charge is -2.21. The second-order valence-corrected chi connectivity index (χ2v) is 5.79. The molecule has 0 saturated carbocycles. The number of hydrogen-bond acceptors (Lipinski definition) is 3. The molecule has 0 amide bonds. The van der Waals surface area contributed by atoms with Gasteiger partial charge in [0.2, 0.25) is 0 Å². The minimum absolute atomic E-state index is 0.0167. The lowest BCUT2D eigenvalue weighted by Crippen LogP contribution is -2.33.